The van der Waals surface area contributed by atoms with Crippen molar-refractivity contribution in [2.24, 2.45) is 11.8 Å². The minimum absolute atomic E-state index is 0.186. The van der Waals surface area contributed by atoms with Gasteiger partial charge < -0.3 is 9.47 Å². The first kappa shape index (κ1) is 12.7. The molecule has 1 fully saturated rings. The molecule has 0 spiro atoms. The van der Waals surface area contributed by atoms with E-state index in [0.717, 1.165) is 0 Å². The van der Waals surface area contributed by atoms with Gasteiger partial charge >= 0.3 is 11.9 Å². The largest absolute Gasteiger partial charge is 0.465 e. The number of ether oxygens (including phenoxy) is 2. The molecular formula is C11H16O5. The number of cyclic esters (lactones) is 1. The molecule has 0 amide bonds. The van der Waals surface area contributed by atoms with Gasteiger partial charge in [-0.3, -0.25) is 9.59 Å². The predicted octanol–water partition coefficient (Wildman–Crippen LogP) is 0.706. The molecule has 2 atom stereocenters. The quantitative estimate of drug-likeness (QED) is 0.402. The van der Waals surface area contributed by atoms with Gasteiger partial charge in [0, 0.05) is 0 Å². The molecule has 0 radical (unpaired) electrons. The van der Waals surface area contributed by atoms with Crippen molar-refractivity contribution in [3.63, 3.8) is 0 Å². The lowest BCUT2D eigenvalue weighted by Crippen LogP contribution is -2.32. The molecule has 0 unspecified atom stereocenters. The third kappa shape index (κ3) is 2.59. The topological polar surface area (TPSA) is 69.7 Å². The number of esters is 2. The SMILES string of the molecule is CCOC(=O)[C@H]1C(=O)C(=O)O[C@@H]1CC(C)C. The van der Waals surface area contributed by atoms with Gasteiger partial charge in [0.25, 0.3) is 5.78 Å². The van der Waals surface area contributed by atoms with Crippen molar-refractivity contribution in [2.45, 2.75) is 33.3 Å². The standard InChI is InChI=1S/C11H16O5/c1-4-15-10(13)8-7(5-6(2)3)16-11(14)9(8)12/h6-8H,4-5H2,1-3H3/t7-,8-/m1/s1. The molecule has 5 nitrogen and oxygen atoms in total. The number of Topliss-reactive ketones (excluding diaryl/α,β-unsaturated/α-hetero) is 1. The summed E-state index contributed by atoms with van der Waals surface area (Å²) in [7, 11) is 0. The van der Waals surface area contributed by atoms with E-state index in [4.69, 9.17) is 9.47 Å². The first-order valence-electron chi connectivity index (χ1n) is 5.38. The van der Waals surface area contributed by atoms with Gasteiger partial charge in [0.1, 0.15) is 6.10 Å². The molecule has 90 valence electrons. The predicted molar refractivity (Wildman–Crippen MR) is 54.5 cm³/mol. The van der Waals surface area contributed by atoms with Gasteiger partial charge in [0.2, 0.25) is 0 Å². The summed E-state index contributed by atoms with van der Waals surface area (Å²) in [6.45, 7) is 5.69. The Bertz CT molecular complexity index is 307. The Morgan fingerprint density at radius 2 is 2.06 bits per heavy atom. The number of carbonyl (C=O) groups is 3. The second kappa shape index (κ2) is 5.09. The van der Waals surface area contributed by atoms with E-state index in [-0.39, 0.29) is 12.5 Å². The van der Waals surface area contributed by atoms with E-state index < -0.39 is 29.7 Å². The molecule has 0 bridgehead atoms. The number of ketones is 1. The molecule has 1 aliphatic rings. The fourth-order valence-electron chi connectivity index (χ4n) is 1.70. The average molecular weight is 228 g/mol. The lowest BCUT2D eigenvalue weighted by atomic mass is 9.93. The summed E-state index contributed by atoms with van der Waals surface area (Å²) in [6, 6.07) is 0. The molecule has 5 heteroatoms. The lowest BCUT2D eigenvalue weighted by Gasteiger charge is -2.16. The van der Waals surface area contributed by atoms with Crippen LogP contribution in [0.15, 0.2) is 0 Å². The fraction of sp³-hybridized carbons (Fsp3) is 0.727. The van der Waals surface area contributed by atoms with Crippen molar-refractivity contribution < 1.29 is 23.9 Å². The normalized spacial score (nSPS) is 24.8. The highest BCUT2D eigenvalue weighted by Crippen LogP contribution is 2.25. The second-order valence-electron chi connectivity index (χ2n) is 4.17. The van der Waals surface area contributed by atoms with Crippen LogP contribution >= 0.6 is 0 Å². The molecular weight excluding hydrogens is 212 g/mol. The molecule has 0 N–H and O–H groups in total. The van der Waals surface area contributed by atoms with E-state index in [1.165, 1.54) is 0 Å². The zero-order valence-corrected chi connectivity index (χ0v) is 9.69. The van der Waals surface area contributed by atoms with Gasteiger partial charge in [0.05, 0.1) is 6.61 Å². The van der Waals surface area contributed by atoms with Gasteiger partial charge in [-0.2, -0.15) is 0 Å². The van der Waals surface area contributed by atoms with Crippen LogP contribution in [0.3, 0.4) is 0 Å². The first-order chi connectivity index (χ1) is 7.47. The van der Waals surface area contributed by atoms with Crippen LogP contribution in [-0.4, -0.2) is 30.4 Å². The lowest BCUT2D eigenvalue weighted by molar-refractivity contribution is -0.152. The van der Waals surface area contributed by atoms with Crippen LogP contribution in [0.2, 0.25) is 0 Å². The Morgan fingerprint density at radius 1 is 1.44 bits per heavy atom. The second-order valence-corrected chi connectivity index (χ2v) is 4.17. The Hall–Kier alpha value is -1.39. The molecule has 0 aliphatic carbocycles. The third-order valence-corrected chi connectivity index (χ3v) is 2.36. The van der Waals surface area contributed by atoms with E-state index in [1.54, 1.807) is 6.92 Å². The molecule has 0 aromatic carbocycles. The summed E-state index contributed by atoms with van der Waals surface area (Å²) in [6.07, 6.45) is -0.180. The van der Waals surface area contributed by atoms with Crippen LogP contribution in [-0.2, 0) is 23.9 Å². The number of hydrogen-bond donors (Lipinski definition) is 0. The molecule has 1 aliphatic heterocycles. The molecule has 0 aromatic rings. The van der Waals surface area contributed by atoms with Crippen molar-refractivity contribution in [1.82, 2.24) is 0 Å². The monoisotopic (exact) mass is 228 g/mol. The maximum Gasteiger partial charge on any atom is 0.376 e. The van der Waals surface area contributed by atoms with Gasteiger partial charge in [-0.15, -0.1) is 0 Å². The van der Waals surface area contributed by atoms with Crippen molar-refractivity contribution in [1.29, 1.82) is 0 Å². The van der Waals surface area contributed by atoms with E-state index in [0.29, 0.717) is 6.42 Å². The zero-order valence-electron chi connectivity index (χ0n) is 9.69. The highest BCUT2D eigenvalue weighted by molar-refractivity contribution is 6.40. The molecule has 0 saturated carbocycles. The van der Waals surface area contributed by atoms with Crippen LogP contribution in [0, 0.1) is 11.8 Å². The zero-order chi connectivity index (χ0) is 12.3. The minimum Gasteiger partial charge on any atom is -0.465 e. The van der Waals surface area contributed by atoms with E-state index in [2.05, 4.69) is 0 Å². The fourth-order valence-corrected chi connectivity index (χ4v) is 1.70. The van der Waals surface area contributed by atoms with Crippen molar-refractivity contribution >= 4 is 17.7 Å². The summed E-state index contributed by atoms with van der Waals surface area (Å²) >= 11 is 0. The Morgan fingerprint density at radius 3 is 2.56 bits per heavy atom. The summed E-state index contributed by atoms with van der Waals surface area (Å²) < 4.78 is 9.64. The summed E-state index contributed by atoms with van der Waals surface area (Å²) in [5.41, 5.74) is 0. The van der Waals surface area contributed by atoms with Crippen LogP contribution in [0.4, 0.5) is 0 Å². The Kier molecular flexibility index (Phi) is 4.04. The average Bonchev–Trinajstić information content (AvgIpc) is 2.41. The van der Waals surface area contributed by atoms with Gasteiger partial charge in [-0.1, -0.05) is 13.8 Å². The first-order valence-corrected chi connectivity index (χ1v) is 5.38. The van der Waals surface area contributed by atoms with Crippen molar-refractivity contribution in [3.8, 4) is 0 Å². The number of rotatable bonds is 4. The molecule has 1 saturated heterocycles. The van der Waals surface area contributed by atoms with Crippen LogP contribution in [0.25, 0.3) is 0 Å². The summed E-state index contributed by atoms with van der Waals surface area (Å²) in [5.74, 6) is -3.22. The highest BCUT2D eigenvalue weighted by atomic mass is 16.6. The van der Waals surface area contributed by atoms with Crippen LogP contribution in [0.1, 0.15) is 27.2 Å². The molecule has 0 aromatic heterocycles. The maximum atomic E-state index is 11.5. The summed E-state index contributed by atoms with van der Waals surface area (Å²) in [4.78, 5) is 34.1. The summed E-state index contributed by atoms with van der Waals surface area (Å²) in [5, 5.41) is 0. The van der Waals surface area contributed by atoms with Gasteiger partial charge in [0.15, 0.2) is 5.92 Å². The van der Waals surface area contributed by atoms with Crippen molar-refractivity contribution in [2.75, 3.05) is 6.61 Å². The molecule has 1 heterocycles. The Labute approximate surface area is 94.1 Å². The molecule has 1 rings (SSSR count). The highest BCUT2D eigenvalue weighted by Gasteiger charge is 2.48. The van der Waals surface area contributed by atoms with Crippen LogP contribution < -0.4 is 0 Å². The maximum absolute atomic E-state index is 11.5. The number of carbonyl (C=O) groups excluding carboxylic acids is 3. The van der Waals surface area contributed by atoms with Gasteiger partial charge in [-0.05, 0) is 19.3 Å². The third-order valence-electron chi connectivity index (χ3n) is 2.36. The number of hydrogen-bond acceptors (Lipinski definition) is 5. The van der Waals surface area contributed by atoms with Gasteiger partial charge in [-0.25, -0.2) is 4.79 Å². The Balaban J connectivity index is 2.79. The van der Waals surface area contributed by atoms with E-state index >= 15 is 0 Å². The van der Waals surface area contributed by atoms with E-state index in [1.807, 2.05) is 13.8 Å². The molecule has 16 heavy (non-hydrogen) atoms. The smallest absolute Gasteiger partial charge is 0.376 e. The van der Waals surface area contributed by atoms with Crippen molar-refractivity contribution in [3.05, 3.63) is 0 Å². The minimum atomic E-state index is -1.07. The van der Waals surface area contributed by atoms with Crippen LogP contribution in [0.5, 0.6) is 0 Å². The van der Waals surface area contributed by atoms with E-state index in [9.17, 15) is 14.4 Å².